The zero-order chi connectivity index (χ0) is 20.9. The molecule has 0 saturated heterocycles. The van der Waals surface area contributed by atoms with Gasteiger partial charge in [0.25, 0.3) is 5.91 Å². The van der Waals surface area contributed by atoms with E-state index in [1.54, 1.807) is 7.11 Å². The monoisotopic (exact) mass is 410 g/mol. The van der Waals surface area contributed by atoms with Gasteiger partial charge in [0.05, 0.1) is 12.0 Å². The summed E-state index contributed by atoms with van der Waals surface area (Å²) in [7, 11) is -1.98. The van der Waals surface area contributed by atoms with Gasteiger partial charge in [-0.15, -0.1) is 6.58 Å². The summed E-state index contributed by atoms with van der Waals surface area (Å²) in [5.41, 5.74) is 1.35. The molecule has 2 N–H and O–H groups in total. The number of carbonyl (C=O) groups excluding carboxylic acids is 1. The molecule has 0 atom stereocenters. The van der Waals surface area contributed by atoms with Gasteiger partial charge >= 0.3 is 0 Å². The zero-order valence-corrected chi connectivity index (χ0v) is 16.8. The fraction of sp³-hybridized carbons (Fsp3) is 0.136. The predicted molar refractivity (Wildman–Crippen MR) is 113 cm³/mol. The van der Waals surface area contributed by atoms with Crippen LogP contribution in [-0.2, 0) is 16.6 Å². The largest absolute Gasteiger partial charge is 0.497 e. The van der Waals surface area contributed by atoms with Gasteiger partial charge in [-0.1, -0.05) is 24.3 Å². The van der Waals surface area contributed by atoms with E-state index in [1.807, 2.05) is 36.4 Å². The molecule has 29 heavy (non-hydrogen) atoms. The molecule has 0 heterocycles. The van der Waals surface area contributed by atoms with E-state index in [1.165, 1.54) is 30.3 Å². The van der Waals surface area contributed by atoms with Crippen molar-refractivity contribution in [3.8, 4) is 5.75 Å². The fourth-order valence-corrected chi connectivity index (χ4v) is 3.83. The number of benzene rings is 3. The molecule has 0 aliphatic heterocycles. The molecule has 0 bridgehead atoms. The second kappa shape index (κ2) is 8.89. The van der Waals surface area contributed by atoms with Gasteiger partial charge in [0.2, 0.25) is 10.0 Å². The lowest BCUT2D eigenvalue weighted by Gasteiger charge is -2.09. The average molecular weight is 410 g/mol. The van der Waals surface area contributed by atoms with Crippen LogP contribution in [0.1, 0.15) is 15.9 Å². The van der Waals surface area contributed by atoms with Gasteiger partial charge in [0, 0.05) is 18.7 Å². The second-order valence-electron chi connectivity index (χ2n) is 6.40. The van der Waals surface area contributed by atoms with E-state index in [-0.39, 0.29) is 17.3 Å². The summed E-state index contributed by atoms with van der Waals surface area (Å²) in [6.45, 7) is 3.98. The van der Waals surface area contributed by atoms with E-state index in [0.29, 0.717) is 12.1 Å². The third-order valence-corrected chi connectivity index (χ3v) is 5.85. The van der Waals surface area contributed by atoms with Crippen LogP contribution >= 0.6 is 0 Å². The number of methoxy groups -OCH3 is 1. The molecule has 7 heteroatoms. The Morgan fingerprint density at radius 1 is 1.03 bits per heavy atom. The number of carbonyl (C=O) groups is 1. The van der Waals surface area contributed by atoms with Crippen LogP contribution in [0.5, 0.6) is 5.75 Å². The first-order valence-corrected chi connectivity index (χ1v) is 10.5. The molecule has 0 aromatic heterocycles. The molecule has 0 unspecified atom stereocenters. The molecule has 0 spiro atoms. The van der Waals surface area contributed by atoms with Crippen LogP contribution < -0.4 is 14.8 Å². The first-order chi connectivity index (χ1) is 13.9. The molecule has 6 nitrogen and oxygen atoms in total. The predicted octanol–water partition coefficient (Wildman–Crippen LogP) is 3.24. The molecule has 1 amide bonds. The number of sulfonamides is 1. The van der Waals surface area contributed by atoms with Crippen molar-refractivity contribution in [1.82, 2.24) is 10.0 Å². The summed E-state index contributed by atoms with van der Waals surface area (Å²) in [6, 6.07) is 17.6. The number of ether oxygens (including phenoxy) is 1. The minimum absolute atomic E-state index is 0.0980. The maximum absolute atomic E-state index is 12.4. The molecule has 0 aliphatic carbocycles. The molecule has 3 aromatic carbocycles. The summed E-state index contributed by atoms with van der Waals surface area (Å²) in [6.07, 6.45) is 1.46. The Labute approximate surface area is 170 Å². The average Bonchev–Trinajstić information content (AvgIpc) is 2.75. The van der Waals surface area contributed by atoms with Gasteiger partial charge < -0.3 is 10.1 Å². The topological polar surface area (TPSA) is 84.5 Å². The SMILES string of the molecule is C=CCNS(=O)(=O)c1ccc(C(=O)NCc2ccc3cc(OC)ccc3c2)cc1. The zero-order valence-electron chi connectivity index (χ0n) is 16.0. The number of rotatable bonds is 8. The van der Waals surface area contributed by atoms with Crippen molar-refractivity contribution in [2.45, 2.75) is 11.4 Å². The van der Waals surface area contributed by atoms with Gasteiger partial charge in [-0.05, 0) is 58.8 Å². The maximum atomic E-state index is 12.4. The van der Waals surface area contributed by atoms with Crippen LogP contribution in [0.3, 0.4) is 0 Å². The Morgan fingerprint density at radius 3 is 2.41 bits per heavy atom. The fourth-order valence-electron chi connectivity index (χ4n) is 2.83. The molecule has 3 aromatic rings. The van der Waals surface area contributed by atoms with Crippen LogP contribution in [0.25, 0.3) is 10.8 Å². The third-order valence-electron chi connectivity index (χ3n) is 4.41. The smallest absolute Gasteiger partial charge is 0.251 e. The summed E-state index contributed by atoms with van der Waals surface area (Å²) >= 11 is 0. The second-order valence-corrected chi connectivity index (χ2v) is 8.16. The van der Waals surface area contributed by atoms with Crippen molar-refractivity contribution in [2.75, 3.05) is 13.7 Å². The Kier molecular flexibility index (Phi) is 6.31. The number of amides is 1. The van der Waals surface area contributed by atoms with Crippen LogP contribution in [0, 0.1) is 0 Å². The Bertz CT molecular complexity index is 1140. The molecule has 0 fully saturated rings. The van der Waals surface area contributed by atoms with Crippen LogP contribution in [0.2, 0.25) is 0 Å². The van der Waals surface area contributed by atoms with Crippen molar-refractivity contribution in [2.24, 2.45) is 0 Å². The first-order valence-electron chi connectivity index (χ1n) is 8.98. The van der Waals surface area contributed by atoms with E-state index >= 15 is 0 Å². The lowest BCUT2D eigenvalue weighted by molar-refractivity contribution is 0.0951. The van der Waals surface area contributed by atoms with Gasteiger partial charge in [0.15, 0.2) is 0 Å². The van der Waals surface area contributed by atoms with Crippen LogP contribution in [0.4, 0.5) is 0 Å². The van der Waals surface area contributed by atoms with Crippen molar-refractivity contribution < 1.29 is 17.9 Å². The van der Waals surface area contributed by atoms with Crippen LogP contribution in [0.15, 0.2) is 78.2 Å². The Balaban J connectivity index is 1.66. The lowest BCUT2D eigenvalue weighted by Crippen LogP contribution is -2.24. The van der Waals surface area contributed by atoms with E-state index in [0.717, 1.165) is 22.1 Å². The van der Waals surface area contributed by atoms with Crippen LogP contribution in [-0.4, -0.2) is 28.0 Å². The van der Waals surface area contributed by atoms with E-state index in [2.05, 4.69) is 16.6 Å². The highest BCUT2D eigenvalue weighted by atomic mass is 32.2. The molecule has 150 valence electrons. The molecule has 0 aliphatic rings. The number of hydrogen-bond donors (Lipinski definition) is 2. The normalized spacial score (nSPS) is 11.2. The quantitative estimate of drug-likeness (QED) is 0.559. The Hall–Kier alpha value is -3.16. The molecular weight excluding hydrogens is 388 g/mol. The highest BCUT2D eigenvalue weighted by molar-refractivity contribution is 7.89. The van der Waals surface area contributed by atoms with Gasteiger partial charge in [0.1, 0.15) is 5.75 Å². The number of hydrogen-bond acceptors (Lipinski definition) is 4. The standard InChI is InChI=1S/C22H22N2O4S/c1-3-12-24-29(26,27)21-10-7-17(8-11-21)22(25)23-15-16-4-5-19-14-20(28-2)9-6-18(19)13-16/h3-11,13-14,24H,1,12,15H2,2H3,(H,23,25). The van der Waals surface area contributed by atoms with E-state index < -0.39 is 10.0 Å². The molecule has 0 saturated carbocycles. The van der Waals surface area contributed by atoms with E-state index in [4.69, 9.17) is 4.74 Å². The minimum atomic E-state index is -3.61. The van der Waals surface area contributed by atoms with Crippen molar-refractivity contribution in [1.29, 1.82) is 0 Å². The lowest BCUT2D eigenvalue weighted by atomic mass is 10.1. The molecule has 3 rings (SSSR count). The van der Waals surface area contributed by atoms with Gasteiger partial charge in [-0.25, -0.2) is 13.1 Å². The number of fused-ring (bicyclic) bond motifs is 1. The number of nitrogens with one attached hydrogen (secondary N) is 2. The highest BCUT2D eigenvalue weighted by Gasteiger charge is 2.14. The summed E-state index contributed by atoms with van der Waals surface area (Å²) in [5, 5.41) is 4.96. The van der Waals surface area contributed by atoms with Gasteiger partial charge in [-0.2, -0.15) is 0 Å². The molecular formula is C22H22N2O4S. The third kappa shape index (κ3) is 5.01. The molecule has 0 radical (unpaired) electrons. The van der Waals surface area contributed by atoms with Crippen molar-refractivity contribution in [3.63, 3.8) is 0 Å². The van der Waals surface area contributed by atoms with Crippen molar-refractivity contribution >= 4 is 26.7 Å². The maximum Gasteiger partial charge on any atom is 0.251 e. The summed E-state index contributed by atoms with van der Waals surface area (Å²) in [5.74, 6) is 0.520. The summed E-state index contributed by atoms with van der Waals surface area (Å²) < 4.78 is 31.7. The Morgan fingerprint density at radius 2 is 1.72 bits per heavy atom. The van der Waals surface area contributed by atoms with Crippen molar-refractivity contribution in [3.05, 3.63) is 84.4 Å². The van der Waals surface area contributed by atoms with E-state index in [9.17, 15) is 13.2 Å². The highest BCUT2D eigenvalue weighted by Crippen LogP contribution is 2.22. The van der Waals surface area contributed by atoms with Gasteiger partial charge in [-0.3, -0.25) is 4.79 Å². The summed E-state index contributed by atoms with van der Waals surface area (Å²) in [4.78, 5) is 12.5. The minimum Gasteiger partial charge on any atom is -0.497 e. The first kappa shape index (κ1) is 20.6.